The molecule has 1 fully saturated rings. The van der Waals surface area contributed by atoms with Crippen LogP contribution in [0.1, 0.15) is 39.5 Å². The molecule has 0 saturated heterocycles. The Balaban J connectivity index is 0.000000461. The summed E-state index contributed by atoms with van der Waals surface area (Å²) in [5.41, 5.74) is 0. The Labute approximate surface area is 66.4 Å². The average Bonchev–Trinajstić information content (AvgIpc) is 2.00. The van der Waals surface area contributed by atoms with E-state index >= 15 is 0 Å². The van der Waals surface area contributed by atoms with Gasteiger partial charge in [-0.15, -0.1) is 0 Å². The molecule has 0 bridgehead atoms. The van der Waals surface area contributed by atoms with E-state index in [-0.39, 0.29) is 12.8 Å². The third kappa shape index (κ3) is 3.14. The minimum absolute atomic E-state index is 0.145. The van der Waals surface area contributed by atoms with Crippen molar-refractivity contribution in [3.63, 3.8) is 0 Å². The van der Waals surface area contributed by atoms with Crippen LogP contribution in [-0.4, -0.2) is 17.1 Å². The highest BCUT2D eigenvalue weighted by Crippen LogP contribution is 2.32. The zero-order valence-corrected chi connectivity index (χ0v) is 7.11. The monoisotopic (exact) mass is 166 g/mol. The number of aliphatic hydroxyl groups is 1. The molecule has 0 unspecified atom stereocenters. The van der Waals surface area contributed by atoms with Crippen molar-refractivity contribution in [3.05, 3.63) is 0 Å². The molecule has 0 radical (unpaired) electrons. The van der Waals surface area contributed by atoms with Crippen LogP contribution in [0.3, 0.4) is 0 Å². The first kappa shape index (κ1) is 10.8. The molecule has 0 aromatic carbocycles. The van der Waals surface area contributed by atoms with E-state index in [1.807, 2.05) is 13.8 Å². The highest BCUT2D eigenvalue weighted by atomic mass is 19.3. The second-order valence-electron chi connectivity index (χ2n) is 2.52. The third-order valence-corrected chi connectivity index (χ3v) is 1.73. The van der Waals surface area contributed by atoms with E-state index < -0.39 is 12.0 Å². The molecule has 1 aliphatic rings. The molecular formula is C8H16F2O. The molecule has 1 rings (SSSR count). The number of aliphatic hydroxyl groups excluding tert-OH is 1. The smallest absolute Gasteiger partial charge is 0.273 e. The van der Waals surface area contributed by atoms with Gasteiger partial charge >= 0.3 is 0 Å². The number of hydrogen-bond acceptors (Lipinski definition) is 1. The molecule has 1 atom stereocenters. The van der Waals surface area contributed by atoms with Crippen LogP contribution in [-0.2, 0) is 0 Å². The van der Waals surface area contributed by atoms with Crippen LogP contribution >= 0.6 is 0 Å². The van der Waals surface area contributed by atoms with E-state index in [2.05, 4.69) is 0 Å². The average molecular weight is 166 g/mol. The molecule has 1 saturated carbocycles. The summed E-state index contributed by atoms with van der Waals surface area (Å²) < 4.78 is 24.7. The lowest BCUT2D eigenvalue weighted by Crippen LogP contribution is -2.36. The summed E-state index contributed by atoms with van der Waals surface area (Å²) >= 11 is 0. The van der Waals surface area contributed by atoms with Crippen LogP contribution in [0.25, 0.3) is 0 Å². The topological polar surface area (TPSA) is 20.2 Å². The van der Waals surface area contributed by atoms with Gasteiger partial charge in [0.05, 0.1) is 0 Å². The van der Waals surface area contributed by atoms with E-state index in [1.54, 1.807) is 0 Å². The van der Waals surface area contributed by atoms with Crippen LogP contribution in [0, 0.1) is 0 Å². The molecule has 11 heavy (non-hydrogen) atoms. The Morgan fingerprint density at radius 1 is 1.27 bits per heavy atom. The summed E-state index contributed by atoms with van der Waals surface area (Å²) in [7, 11) is 0. The molecule has 0 aromatic heterocycles. The zero-order chi connectivity index (χ0) is 8.91. The van der Waals surface area contributed by atoms with Gasteiger partial charge in [-0.3, -0.25) is 0 Å². The van der Waals surface area contributed by atoms with Crippen molar-refractivity contribution in [1.29, 1.82) is 0 Å². The first-order valence-corrected chi connectivity index (χ1v) is 4.19. The number of halogens is 2. The van der Waals surface area contributed by atoms with Gasteiger partial charge in [-0.25, -0.2) is 8.78 Å². The van der Waals surface area contributed by atoms with E-state index in [9.17, 15) is 8.78 Å². The molecule has 0 heterocycles. The summed E-state index contributed by atoms with van der Waals surface area (Å²) in [5.74, 6) is -2.81. The minimum atomic E-state index is -2.81. The molecule has 3 heteroatoms. The van der Waals surface area contributed by atoms with E-state index in [4.69, 9.17) is 5.11 Å². The molecular weight excluding hydrogens is 150 g/mol. The molecule has 1 aliphatic carbocycles. The molecule has 1 nitrogen and oxygen atoms in total. The van der Waals surface area contributed by atoms with Crippen molar-refractivity contribution in [2.24, 2.45) is 0 Å². The second-order valence-corrected chi connectivity index (χ2v) is 2.52. The Bertz CT molecular complexity index is 104. The van der Waals surface area contributed by atoms with E-state index in [0.717, 1.165) is 6.42 Å². The van der Waals surface area contributed by atoms with Gasteiger partial charge in [0, 0.05) is 6.42 Å². The Kier molecular flexibility index (Phi) is 4.57. The summed E-state index contributed by atoms with van der Waals surface area (Å²) in [6.45, 7) is 4.00. The Morgan fingerprint density at radius 2 is 1.82 bits per heavy atom. The summed E-state index contributed by atoms with van der Waals surface area (Å²) in [5, 5.41) is 8.69. The van der Waals surface area contributed by atoms with Crippen molar-refractivity contribution < 1.29 is 13.9 Å². The van der Waals surface area contributed by atoms with Gasteiger partial charge < -0.3 is 5.11 Å². The predicted octanol–water partition coefficient (Wildman–Crippen LogP) is 2.58. The lowest BCUT2D eigenvalue weighted by Gasteiger charge is -2.26. The van der Waals surface area contributed by atoms with Crippen LogP contribution < -0.4 is 0 Å². The van der Waals surface area contributed by atoms with E-state index in [0.29, 0.717) is 6.42 Å². The van der Waals surface area contributed by atoms with Gasteiger partial charge in [-0.2, -0.15) is 0 Å². The maximum absolute atomic E-state index is 12.3. The van der Waals surface area contributed by atoms with Crippen molar-refractivity contribution in [1.82, 2.24) is 0 Å². The minimum Gasteiger partial charge on any atom is -0.387 e. The van der Waals surface area contributed by atoms with Crippen LogP contribution in [0.2, 0.25) is 0 Å². The van der Waals surface area contributed by atoms with Crippen LogP contribution in [0.5, 0.6) is 0 Å². The largest absolute Gasteiger partial charge is 0.387 e. The van der Waals surface area contributed by atoms with Gasteiger partial charge in [-0.1, -0.05) is 20.3 Å². The summed E-state index contributed by atoms with van der Waals surface area (Å²) in [6.07, 6.45) is 0.00775. The number of rotatable bonds is 0. The third-order valence-electron chi connectivity index (χ3n) is 1.73. The van der Waals surface area contributed by atoms with Crippen molar-refractivity contribution in [2.75, 3.05) is 0 Å². The van der Waals surface area contributed by atoms with Gasteiger partial charge in [-0.05, 0) is 12.8 Å². The highest BCUT2D eigenvalue weighted by Gasteiger charge is 2.39. The predicted molar refractivity (Wildman–Crippen MR) is 40.8 cm³/mol. The first-order chi connectivity index (χ1) is 5.13. The fourth-order valence-corrected chi connectivity index (χ4v) is 1.08. The fraction of sp³-hybridized carbons (Fsp3) is 1.00. The standard InChI is InChI=1S/C6H10F2O.C2H6/c7-6(8)4-2-1-3-5(6)9;1-2/h5,9H,1-4H2;1-2H3/t5-;/m0./s1. The molecule has 0 spiro atoms. The molecule has 0 aromatic rings. The summed E-state index contributed by atoms with van der Waals surface area (Å²) in [6, 6.07) is 0. The van der Waals surface area contributed by atoms with Gasteiger partial charge in [0.15, 0.2) is 0 Å². The molecule has 0 amide bonds. The van der Waals surface area contributed by atoms with Crippen molar-refractivity contribution in [2.45, 2.75) is 51.6 Å². The SMILES string of the molecule is CC.O[C@H]1CCCCC1(F)F. The fourth-order valence-electron chi connectivity index (χ4n) is 1.08. The molecule has 1 N–H and O–H groups in total. The quantitative estimate of drug-likeness (QED) is 0.586. The number of alkyl halides is 2. The van der Waals surface area contributed by atoms with Gasteiger partial charge in [0.2, 0.25) is 0 Å². The Hall–Kier alpha value is -0.180. The highest BCUT2D eigenvalue weighted by molar-refractivity contribution is 4.80. The van der Waals surface area contributed by atoms with Crippen LogP contribution in [0.4, 0.5) is 8.78 Å². The van der Waals surface area contributed by atoms with Crippen molar-refractivity contribution >= 4 is 0 Å². The van der Waals surface area contributed by atoms with E-state index in [1.165, 1.54) is 0 Å². The Morgan fingerprint density at radius 3 is 2.09 bits per heavy atom. The maximum atomic E-state index is 12.3. The van der Waals surface area contributed by atoms with Crippen molar-refractivity contribution in [3.8, 4) is 0 Å². The maximum Gasteiger partial charge on any atom is 0.273 e. The zero-order valence-electron chi connectivity index (χ0n) is 7.11. The van der Waals surface area contributed by atoms with Crippen LogP contribution in [0.15, 0.2) is 0 Å². The first-order valence-electron chi connectivity index (χ1n) is 4.19. The molecule has 68 valence electrons. The number of hydrogen-bond donors (Lipinski definition) is 1. The van der Waals surface area contributed by atoms with Gasteiger partial charge in [0.1, 0.15) is 6.10 Å². The summed E-state index contributed by atoms with van der Waals surface area (Å²) in [4.78, 5) is 0. The second kappa shape index (κ2) is 4.65. The van der Waals surface area contributed by atoms with Gasteiger partial charge in [0.25, 0.3) is 5.92 Å². The lowest BCUT2D eigenvalue weighted by atomic mass is 9.94. The normalized spacial score (nSPS) is 28.6. The lowest BCUT2D eigenvalue weighted by molar-refractivity contribution is -0.130. The molecule has 0 aliphatic heterocycles.